The maximum absolute atomic E-state index is 12.7. The first-order valence-electron chi connectivity index (χ1n) is 10.2. The molecule has 33 heavy (non-hydrogen) atoms. The highest BCUT2D eigenvalue weighted by atomic mass is 35.5. The summed E-state index contributed by atoms with van der Waals surface area (Å²) in [4.78, 5) is 42.7. The zero-order valence-corrected chi connectivity index (χ0v) is 19.2. The molecule has 1 N–H and O–H groups in total. The molecule has 1 aromatic carbocycles. The van der Waals surface area contributed by atoms with Crippen LogP contribution in [0.3, 0.4) is 0 Å². The lowest BCUT2D eigenvalue weighted by Crippen LogP contribution is -2.37. The van der Waals surface area contributed by atoms with Gasteiger partial charge in [-0.05, 0) is 30.2 Å². The lowest BCUT2D eigenvalue weighted by molar-refractivity contribution is -0.136. The zero-order chi connectivity index (χ0) is 24.0. The van der Waals surface area contributed by atoms with E-state index in [1.165, 1.54) is 18.1 Å². The van der Waals surface area contributed by atoms with E-state index in [0.29, 0.717) is 22.2 Å². The summed E-state index contributed by atoms with van der Waals surface area (Å²) in [7, 11) is 1.45. The number of benzene rings is 1. The molecule has 3 aromatic rings. The third-order valence-corrected chi connectivity index (χ3v) is 5.05. The van der Waals surface area contributed by atoms with E-state index >= 15 is 0 Å². The molecule has 2 heterocycles. The highest BCUT2D eigenvalue weighted by Crippen LogP contribution is 2.23. The number of hydrogen-bond donors (Lipinski definition) is 1. The minimum atomic E-state index is -0.678. The third kappa shape index (κ3) is 5.95. The van der Waals surface area contributed by atoms with E-state index in [2.05, 4.69) is 15.4 Å². The van der Waals surface area contributed by atoms with Gasteiger partial charge < -0.3 is 15.0 Å². The normalized spacial score (nSPS) is 10.7. The summed E-state index contributed by atoms with van der Waals surface area (Å²) in [5.74, 6) is -1.11. The highest BCUT2D eigenvalue weighted by Gasteiger charge is 2.24. The fraction of sp³-hybridized carbons (Fsp3) is 0.261. The van der Waals surface area contributed by atoms with Gasteiger partial charge in [0.25, 0.3) is 5.91 Å². The Morgan fingerprint density at radius 3 is 2.55 bits per heavy atom. The average molecular weight is 470 g/mol. The SMILES string of the molecule is CC(C)c1c(C(=O)OCC(=O)N(C)CC(=O)Nc2ccccc2Cl)cnn1-c1ccccn1. The van der Waals surface area contributed by atoms with Crippen molar-refractivity contribution in [2.45, 2.75) is 19.8 Å². The maximum atomic E-state index is 12.7. The molecule has 10 heteroatoms. The Balaban J connectivity index is 1.60. The van der Waals surface area contributed by atoms with Gasteiger partial charge in [0.15, 0.2) is 12.4 Å². The van der Waals surface area contributed by atoms with E-state index in [-0.39, 0.29) is 18.0 Å². The van der Waals surface area contributed by atoms with E-state index < -0.39 is 24.4 Å². The van der Waals surface area contributed by atoms with Crippen LogP contribution in [-0.4, -0.2) is 57.6 Å². The van der Waals surface area contributed by atoms with Crippen LogP contribution in [0.5, 0.6) is 0 Å². The van der Waals surface area contributed by atoms with Gasteiger partial charge in [0.05, 0.1) is 29.1 Å². The standard InChI is InChI=1S/C23H24ClN5O4/c1-15(2)22-16(12-26-29(22)19-10-6-7-11-25-19)23(32)33-14-21(31)28(3)13-20(30)27-18-9-5-4-8-17(18)24/h4-12,15H,13-14H2,1-3H3,(H,27,30). The van der Waals surface area contributed by atoms with Crippen molar-refractivity contribution in [3.8, 4) is 5.82 Å². The van der Waals surface area contributed by atoms with Gasteiger partial charge in [0.2, 0.25) is 5.91 Å². The molecule has 0 aliphatic rings. The number of nitrogens with zero attached hydrogens (tertiary/aromatic N) is 4. The Morgan fingerprint density at radius 2 is 1.88 bits per heavy atom. The van der Waals surface area contributed by atoms with Gasteiger partial charge in [0.1, 0.15) is 5.56 Å². The Labute approximate surface area is 196 Å². The predicted molar refractivity (Wildman–Crippen MR) is 123 cm³/mol. The second kappa shape index (κ2) is 10.7. The lowest BCUT2D eigenvalue weighted by Gasteiger charge is -2.17. The van der Waals surface area contributed by atoms with Crippen LogP contribution in [0, 0.1) is 0 Å². The average Bonchev–Trinajstić information content (AvgIpc) is 3.25. The summed E-state index contributed by atoms with van der Waals surface area (Å²) in [5, 5.41) is 7.30. The van der Waals surface area contributed by atoms with Crippen LogP contribution in [0.25, 0.3) is 5.82 Å². The third-order valence-electron chi connectivity index (χ3n) is 4.72. The smallest absolute Gasteiger partial charge is 0.342 e. The molecular formula is C23H24ClN5O4. The number of hydrogen-bond acceptors (Lipinski definition) is 6. The molecule has 0 atom stereocenters. The highest BCUT2D eigenvalue weighted by molar-refractivity contribution is 6.33. The maximum Gasteiger partial charge on any atom is 0.342 e. The van der Waals surface area contributed by atoms with Crippen LogP contribution < -0.4 is 5.32 Å². The van der Waals surface area contributed by atoms with E-state index in [4.69, 9.17) is 16.3 Å². The zero-order valence-electron chi connectivity index (χ0n) is 18.5. The molecule has 0 fully saturated rings. The van der Waals surface area contributed by atoms with Crippen molar-refractivity contribution in [2.24, 2.45) is 0 Å². The van der Waals surface area contributed by atoms with Gasteiger partial charge in [-0.2, -0.15) is 5.10 Å². The van der Waals surface area contributed by atoms with Crippen LogP contribution in [0.15, 0.2) is 54.9 Å². The lowest BCUT2D eigenvalue weighted by atomic mass is 10.1. The largest absolute Gasteiger partial charge is 0.452 e. The molecule has 172 valence electrons. The van der Waals surface area contributed by atoms with Crippen LogP contribution >= 0.6 is 11.6 Å². The van der Waals surface area contributed by atoms with Gasteiger partial charge in [0, 0.05) is 13.2 Å². The van der Waals surface area contributed by atoms with Gasteiger partial charge >= 0.3 is 5.97 Å². The van der Waals surface area contributed by atoms with Crippen molar-refractivity contribution in [3.05, 3.63) is 71.1 Å². The van der Waals surface area contributed by atoms with E-state index in [0.717, 1.165) is 0 Å². The number of aromatic nitrogens is 3. The first kappa shape index (κ1) is 23.9. The molecule has 9 nitrogen and oxygen atoms in total. The van der Waals surface area contributed by atoms with Gasteiger partial charge in [-0.1, -0.05) is 43.6 Å². The number of amides is 2. The molecule has 0 bridgehead atoms. The predicted octanol–water partition coefficient (Wildman–Crippen LogP) is 3.30. The number of likely N-dealkylation sites (N-methyl/N-ethyl adjacent to an activating group) is 1. The number of pyridine rings is 1. The summed E-state index contributed by atoms with van der Waals surface area (Å²) in [6.45, 7) is 3.10. The number of rotatable bonds is 8. The molecule has 0 aliphatic heterocycles. The Hall–Kier alpha value is -3.72. The van der Waals surface area contributed by atoms with Gasteiger partial charge in [-0.3, -0.25) is 9.59 Å². The second-order valence-electron chi connectivity index (χ2n) is 7.55. The molecule has 0 saturated carbocycles. The van der Waals surface area contributed by atoms with Crippen molar-refractivity contribution in [1.82, 2.24) is 19.7 Å². The van der Waals surface area contributed by atoms with Crippen molar-refractivity contribution in [2.75, 3.05) is 25.5 Å². The number of para-hydroxylation sites is 1. The molecule has 0 radical (unpaired) electrons. The number of carbonyl (C=O) groups excluding carboxylic acids is 3. The van der Waals surface area contributed by atoms with Crippen molar-refractivity contribution < 1.29 is 19.1 Å². The number of halogens is 1. The summed E-state index contributed by atoms with van der Waals surface area (Å²) in [6.07, 6.45) is 3.03. The van der Waals surface area contributed by atoms with Gasteiger partial charge in [-0.25, -0.2) is 14.5 Å². The molecule has 2 amide bonds. The number of anilines is 1. The Kier molecular flexibility index (Phi) is 7.78. The Bertz CT molecular complexity index is 1150. The molecule has 2 aromatic heterocycles. The quantitative estimate of drug-likeness (QED) is 0.507. The summed E-state index contributed by atoms with van der Waals surface area (Å²) in [5.41, 5.74) is 1.32. The fourth-order valence-electron chi connectivity index (χ4n) is 3.10. The van der Waals surface area contributed by atoms with Crippen molar-refractivity contribution in [1.29, 1.82) is 0 Å². The molecule has 0 aliphatic carbocycles. The van der Waals surface area contributed by atoms with Crippen LogP contribution in [0.4, 0.5) is 5.69 Å². The summed E-state index contributed by atoms with van der Waals surface area (Å²) in [6, 6.07) is 12.2. The number of esters is 1. The second-order valence-corrected chi connectivity index (χ2v) is 7.96. The minimum Gasteiger partial charge on any atom is -0.452 e. The van der Waals surface area contributed by atoms with Crippen molar-refractivity contribution in [3.63, 3.8) is 0 Å². The van der Waals surface area contributed by atoms with Crippen molar-refractivity contribution >= 4 is 35.1 Å². The monoisotopic (exact) mass is 469 g/mol. The number of carbonyl (C=O) groups is 3. The van der Waals surface area contributed by atoms with E-state index in [9.17, 15) is 14.4 Å². The van der Waals surface area contributed by atoms with Gasteiger partial charge in [-0.15, -0.1) is 0 Å². The summed E-state index contributed by atoms with van der Waals surface area (Å²) < 4.78 is 6.79. The van der Waals surface area contributed by atoms with Crippen LogP contribution in [0.2, 0.25) is 5.02 Å². The van der Waals surface area contributed by atoms with Crippen LogP contribution in [0.1, 0.15) is 35.8 Å². The molecule has 0 saturated heterocycles. The molecule has 0 spiro atoms. The number of ether oxygens (including phenoxy) is 1. The summed E-state index contributed by atoms with van der Waals surface area (Å²) >= 11 is 6.02. The van der Waals surface area contributed by atoms with Crippen LogP contribution in [-0.2, 0) is 14.3 Å². The molecule has 0 unspecified atom stereocenters. The molecular weight excluding hydrogens is 446 g/mol. The molecule has 3 rings (SSSR count). The van der Waals surface area contributed by atoms with E-state index in [1.807, 2.05) is 19.9 Å². The number of nitrogens with one attached hydrogen (secondary N) is 1. The minimum absolute atomic E-state index is 0.0519. The fourth-order valence-corrected chi connectivity index (χ4v) is 3.29. The van der Waals surface area contributed by atoms with E-state index in [1.54, 1.807) is 47.3 Å². The first-order valence-corrected chi connectivity index (χ1v) is 10.6. The topological polar surface area (TPSA) is 106 Å². The first-order chi connectivity index (χ1) is 15.8. The Morgan fingerprint density at radius 1 is 1.15 bits per heavy atom.